The zero-order valence-electron chi connectivity index (χ0n) is 24.2. The molecule has 2 aromatic heterocycles. The highest BCUT2D eigenvalue weighted by atomic mass is 19.4. The number of amides is 2. The highest BCUT2D eigenvalue weighted by Crippen LogP contribution is 2.41. The molecule has 0 saturated carbocycles. The van der Waals surface area contributed by atoms with E-state index >= 15 is 4.39 Å². The number of imidazole rings is 1. The van der Waals surface area contributed by atoms with Crippen molar-refractivity contribution < 1.29 is 46.5 Å². The largest absolute Gasteiger partial charge is 0.493 e. The third kappa shape index (κ3) is 5.56. The molecule has 1 unspecified atom stereocenters. The number of carboxylic acid groups (broad SMARTS) is 1. The van der Waals surface area contributed by atoms with Crippen LogP contribution in [0, 0.1) is 5.82 Å². The van der Waals surface area contributed by atoms with Gasteiger partial charge in [-0.2, -0.15) is 13.2 Å². The van der Waals surface area contributed by atoms with Crippen molar-refractivity contribution in [3.05, 3.63) is 88.1 Å². The number of hydrogen-bond donors (Lipinski definition) is 1. The maximum atomic E-state index is 15.8. The smallest absolute Gasteiger partial charge is 0.416 e. The molecule has 0 aliphatic carbocycles. The second kappa shape index (κ2) is 11.5. The normalized spacial score (nSPS) is 16.3. The van der Waals surface area contributed by atoms with Gasteiger partial charge in [0.15, 0.2) is 18.1 Å². The quantitative estimate of drug-likeness (QED) is 0.297. The summed E-state index contributed by atoms with van der Waals surface area (Å²) < 4.78 is 74.1. The summed E-state index contributed by atoms with van der Waals surface area (Å²) in [5.74, 6) is -0.550. The average Bonchev–Trinajstić information content (AvgIpc) is 3.40. The summed E-state index contributed by atoms with van der Waals surface area (Å²) in [7, 11) is 2.73. The molecule has 1 N–H and O–H groups in total. The highest BCUT2D eigenvalue weighted by Gasteiger charge is 2.39. The molecular formula is C31H28F4N4O6. The second-order valence-corrected chi connectivity index (χ2v) is 10.7. The molecule has 6 rings (SSSR count). The minimum Gasteiger partial charge on any atom is -0.493 e. The van der Waals surface area contributed by atoms with Gasteiger partial charge in [0.05, 0.1) is 31.2 Å². The summed E-state index contributed by atoms with van der Waals surface area (Å²) in [5.41, 5.74) is 1.68. The Balaban J connectivity index is 1.36. The fourth-order valence-electron chi connectivity index (χ4n) is 5.94. The molecule has 10 nitrogen and oxygen atoms in total. The van der Waals surface area contributed by atoms with E-state index in [1.54, 1.807) is 12.1 Å². The minimum atomic E-state index is -4.59. The number of carbonyl (C=O) groups is 2. The van der Waals surface area contributed by atoms with E-state index in [2.05, 4.69) is 4.98 Å². The molecule has 0 spiro atoms. The van der Waals surface area contributed by atoms with Crippen LogP contribution in [0.15, 0.2) is 48.7 Å². The van der Waals surface area contributed by atoms with Crippen molar-refractivity contribution in [1.29, 1.82) is 0 Å². The van der Waals surface area contributed by atoms with Gasteiger partial charge in [0, 0.05) is 43.9 Å². The molecule has 2 aliphatic rings. The topological polar surface area (TPSA) is 106 Å². The van der Waals surface area contributed by atoms with Gasteiger partial charge in [-0.1, -0.05) is 6.07 Å². The Bertz CT molecular complexity index is 1810. The third-order valence-corrected chi connectivity index (χ3v) is 8.17. The predicted octanol–water partition coefficient (Wildman–Crippen LogP) is 5.10. The number of methoxy groups -OCH3 is 2. The van der Waals surface area contributed by atoms with Crippen LogP contribution in [0.1, 0.15) is 39.7 Å². The van der Waals surface area contributed by atoms with Gasteiger partial charge in [0.2, 0.25) is 0 Å². The Morgan fingerprint density at radius 2 is 1.76 bits per heavy atom. The second-order valence-electron chi connectivity index (χ2n) is 10.7. The van der Waals surface area contributed by atoms with Crippen LogP contribution in [0.5, 0.6) is 17.2 Å². The van der Waals surface area contributed by atoms with Crippen LogP contribution in [0.3, 0.4) is 0 Å². The maximum Gasteiger partial charge on any atom is 0.416 e. The van der Waals surface area contributed by atoms with Gasteiger partial charge in [-0.25, -0.2) is 14.2 Å². The molecule has 236 valence electrons. The van der Waals surface area contributed by atoms with Gasteiger partial charge in [-0.3, -0.25) is 4.79 Å². The van der Waals surface area contributed by atoms with Crippen molar-refractivity contribution >= 4 is 17.6 Å². The summed E-state index contributed by atoms with van der Waals surface area (Å²) in [6.45, 7) is 0.223. The number of aromatic nitrogens is 2. The van der Waals surface area contributed by atoms with Gasteiger partial charge in [0.1, 0.15) is 23.3 Å². The summed E-state index contributed by atoms with van der Waals surface area (Å²) in [6, 6.07) is 8.47. The predicted molar refractivity (Wildman–Crippen MR) is 151 cm³/mol. The fourth-order valence-corrected chi connectivity index (χ4v) is 5.94. The van der Waals surface area contributed by atoms with Crippen molar-refractivity contribution in [2.75, 3.05) is 33.9 Å². The van der Waals surface area contributed by atoms with Crippen LogP contribution < -0.4 is 14.2 Å². The zero-order valence-corrected chi connectivity index (χ0v) is 24.2. The standard InChI is InChI=1S/C31H28F4N4O6/c1-43-24-13-21(22(32)14-25(24)44-2)28-29-23(36-26-12-19(31(33,34)35)6-9-38(26)29)7-10-39(28)27(40)16-45-20-4-3-17-5-8-37(30(41)42)15-18(17)11-20/h3-4,6,9,11-14,28H,5,7-8,10,15-16H2,1-2H3,(H,41,42). The van der Waals surface area contributed by atoms with Crippen LogP contribution in [0.25, 0.3) is 5.65 Å². The molecule has 2 aliphatic heterocycles. The summed E-state index contributed by atoms with van der Waals surface area (Å²) >= 11 is 0. The molecular weight excluding hydrogens is 600 g/mol. The summed E-state index contributed by atoms with van der Waals surface area (Å²) in [4.78, 5) is 32.4. The Morgan fingerprint density at radius 3 is 2.47 bits per heavy atom. The fraction of sp³-hybridized carbons (Fsp3) is 0.323. The van der Waals surface area contributed by atoms with Crippen molar-refractivity contribution in [3.63, 3.8) is 0 Å². The number of nitrogens with zero attached hydrogens (tertiary/aromatic N) is 4. The molecule has 0 saturated heterocycles. The Kier molecular flexibility index (Phi) is 7.67. The van der Waals surface area contributed by atoms with E-state index in [1.165, 1.54) is 40.7 Å². The lowest BCUT2D eigenvalue weighted by molar-refractivity contribution is -0.137. The first-order valence-corrected chi connectivity index (χ1v) is 14.0. The molecule has 4 aromatic rings. The van der Waals surface area contributed by atoms with E-state index in [0.717, 1.165) is 29.3 Å². The first-order valence-electron chi connectivity index (χ1n) is 14.0. The number of alkyl halides is 3. The van der Waals surface area contributed by atoms with E-state index in [-0.39, 0.29) is 42.2 Å². The van der Waals surface area contributed by atoms with Crippen LogP contribution >= 0.6 is 0 Å². The van der Waals surface area contributed by atoms with E-state index in [9.17, 15) is 27.9 Å². The molecule has 4 heterocycles. The molecule has 0 bridgehead atoms. The van der Waals surface area contributed by atoms with Crippen molar-refractivity contribution in [3.8, 4) is 17.2 Å². The van der Waals surface area contributed by atoms with Crippen molar-refractivity contribution in [2.45, 2.75) is 31.6 Å². The molecule has 14 heteroatoms. The van der Waals surface area contributed by atoms with Gasteiger partial charge < -0.3 is 33.5 Å². The average molecular weight is 629 g/mol. The van der Waals surface area contributed by atoms with Crippen molar-refractivity contribution in [1.82, 2.24) is 19.2 Å². The number of halogens is 4. The number of fused-ring (bicyclic) bond motifs is 4. The minimum absolute atomic E-state index is 0.00993. The monoisotopic (exact) mass is 628 g/mol. The van der Waals surface area contributed by atoms with Crippen LogP contribution in [0.4, 0.5) is 22.4 Å². The van der Waals surface area contributed by atoms with E-state index in [1.807, 2.05) is 6.07 Å². The number of pyridine rings is 1. The zero-order chi connectivity index (χ0) is 32.0. The molecule has 1 atom stereocenters. The van der Waals surface area contributed by atoms with E-state index < -0.39 is 42.2 Å². The van der Waals surface area contributed by atoms with Gasteiger partial charge in [0.25, 0.3) is 5.91 Å². The lowest BCUT2D eigenvalue weighted by Gasteiger charge is -2.36. The number of carbonyl (C=O) groups excluding carboxylic acids is 1. The van der Waals surface area contributed by atoms with Crippen LogP contribution in [-0.4, -0.2) is 70.2 Å². The molecule has 0 fully saturated rings. The van der Waals surface area contributed by atoms with Gasteiger partial charge in [-0.05, 0) is 47.9 Å². The number of ether oxygens (including phenoxy) is 3. The maximum absolute atomic E-state index is 15.8. The van der Waals surface area contributed by atoms with E-state index in [0.29, 0.717) is 30.1 Å². The van der Waals surface area contributed by atoms with Gasteiger partial charge in [-0.15, -0.1) is 0 Å². The molecule has 2 amide bonds. The third-order valence-electron chi connectivity index (χ3n) is 8.17. The Morgan fingerprint density at radius 1 is 1.00 bits per heavy atom. The molecule has 2 aromatic carbocycles. The highest BCUT2D eigenvalue weighted by molar-refractivity contribution is 5.79. The number of hydrogen-bond acceptors (Lipinski definition) is 6. The number of rotatable bonds is 6. The van der Waals surface area contributed by atoms with Crippen LogP contribution in [0.2, 0.25) is 0 Å². The number of benzene rings is 2. The Labute approximate surface area is 254 Å². The van der Waals surface area contributed by atoms with E-state index in [4.69, 9.17) is 14.2 Å². The molecule has 45 heavy (non-hydrogen) atoms. The first-order chi connectivity index (χ1) is 21.5. The van der Waals surface area contributed by atoms with Crippen molar-refractivity contribution in [2.24, 2.45) is 0 Å². The van der Waals surface area contributed by atoms with Crippen LogP contribution in [-0.2, 0) is 30.4 Å². The lowest BCUT2D eigenvalue weighted by Crippen LogP contribution is -2.43. The first kappa shape index (κ1) is 30.0. The molecule has 0 radical (unpaired) electrons. The van der Waals surface area contributed by atoms with Gasteiger partial charge >= 0.3 is 12.3 Å². The Hall–Kier alpha value is -5.01. The lowest BCUT2D eigenvalue weighted by atomic mass is 9.94. The summed E-state index contributed by atoms with van der Waals surface area (Å²) in [5, 5.41) is 9.37. The summed E-state index contributed by atoms with van der Waals surface area (Å²) in [6.07, 6.45) is -3.64. The SMILES string of the molecule is COc1cc(F)c(C2c3c(nc4cc(C(F)(F)F)ccn34)CCN2C(=O)COc2ccc3c(c2)CN(C(=O)O)CC3)cc1OC.